The average Bonchev–Trinajstić information content (AvgIpc) is 2.53. The van der Waals surface area contributed by atoms with E-state index in [9.17, 15) is 5.26 Å². The Balaban J connectivity index is 2.26. The molecule has 0 radical (unpaired) electrons. The van der Waals surface area contributed by atoms with Gasteiger partial charge in [0.1, 0.15) is 18.2 Å². The van der Waals surface area contributed by atoms with Crippen molar-refractivity contribution >= 4 is 16.7 Å². The van der Waals surface area contributed by atoms with Crippen molar-refractivity contribution in [3.8, 4) is 17.3 Å². The number of nitrogens with zero attached hydrogens (tertiary/aromatic N) is 4. The van der Waals surface area contributed by atoms with Gasteiger partial charge in [-0.2, -0.15) is 5.26 Å². The standard InChI is InChI=1S/C15H11N5/c1-17-15-7-13(18-9-19-15)11-6-10-4-2-3-5-12(10)20-14(11)8-16/h2-7,9H,1H3,(H,17,18,19). The quantitative estimate of drug-likeness (QED) is 0.767. The summed E-state index contributed by atoms with van der Waals surface area (Å²) < 4.78 is 0. The Kier molecular flexibility index (Phi) is 2.98. The van der Waals surface area contributed by atoms with Gasteiger partial charge in [-0.1, -0.05) is 18.2 Å². The Morgan fingerprint density at radius 1 is 1.15 bits per heavy atom. The molecule has 5 nitrogen and oxygen atoms in total. The number of fused-ring (bicyclic) bond motifs is 1. The SMILES string of the molecule is CNc1cc(-c2cc3ccccc3nc2C#N)ncn1. The first kappa shape index (κ1) is 12.1. The summed E-state index contributed by atoms with van der Waals surface area (Å²) in [6, 6.07) is 13.6. The molecule has 0 unspecified atom stereocenters. The second-order valence-electron chi connectivity index (χ2n) is 4.23. The Hall–Kier alpha value is -3.00. The van der Waals surface area contributed by atoms with Crippen LogP contribution in [0.3, 0.4) is 0 Å². The minimum atomic E-state index is 0.365. The molecule has 0 aliphatic rings. The fourth-order valence-electron chi connectivity index (χ4n) is 2.04. The van der Waals surface area contributed by atoms with Crippen LogP contribution < -0.4 is 5.32 Å². The topological polar surface area (TPSA) is 74.5 Å². The van der Waals surface area contributed by atoms with Gasteiger partial charge in [-0.15, -0.1) is 0 Å². The third-order valence-corrected chi connectivity index (χ3v) is 3.03. The molecule has 3 aromatic rings. The zero-order valence-corrected chi connectivity index (χ0v) is 10.8. The summed E-state index contributed by atoms with van der Waals surface area (Å²) in [4.78, 5) is 12.7. The molecular weight excluding hydrogens is 250 g/mol. The molecule has 0 saturated carbocycles. The van der Waals surface area contributed by atoms with Gasteiger partial charge in [0, 0.05) is 24.1 Å². The van der Waals surface area contributed by atoms with Crippen molar-refractivity contribution in [1.82, 2.24) is 15.0 Å². The molecule has 5 heteroatoms. The van der Waals surface area contributed by atoms with E-state index in [2.05, 4.69) is 26.3 Å². The van der Waals surface area contributed by atoms with Gasteiger partial charge < -0.3 is 5.32 Å². The lowest BCUT2D eigenvalue weighted by molar-refractivity contribution is 1.16. The highest BCUT2D eigenvalue weighted by atomic mass is 15.0. The van der Waals surface area contributed by atoms with E-state index in [0.29, 0.717) is 22.8 Å². The lowest BCUT2D eigenvalue weighted by atomic mass is 10.1. The molecule has 0 spiro atoms. The van der Waals surface area contributed by atoms with Crippen molar-refractivity contribution in [3.05, 3.63) is 48.4 Å². The third kappa shape index (κ3) is 2.04. The first-order valence-corrected chi connectivity index (χ1v) is 6.12. The number of nitriles is 1. The predicted octanol–water partition coefficient (Wildman–Crippen LogP) is 2.61. The van der Waals surface area contributed by atoms with E-state index < -0.39 is 0 Å². The van der Waals surface area contributed by atoms with Crippen LogP contribution in [0, 0.1) is 11.3 Å². The van der Waals surface area contributed by atoms with Crippen LogP contribution in [-0.4, -0.2) is 22.0 Å². The van der Waals surface area contributed by atoms with Crippen molar-refractivity contribution in [2.24, 2.45) is 0 Å². The molecule has 0 amide bonds. The van der Waals surface area contributed by atoms with Crippen molar-refractivity contribution < 1.29 is 0 Å². The van der Waals surface area contributed by atoms with Crippen molar-refractivity contribution in [3.63, 3.8) is 0 Å². The number of aromatic nitrogens is 3. The molecule has 20 heavy (non-hydrogen) atoms. The van der Waals surface area contributed by atoms with Crippen LogP contribution in [0.1, 0.15) is 5.69 Å². The van der Waals surface area contributed by atoms with Crippen molar-refractivity contribution in [1.29, 1.82) is 5.26 Å². The highest BCUT2D eigenvalue weighted by Gasteiger charge is 2.10. The van der Waals surface area contributed by atoms with E-state index in [1.807, 2.05) is 30.3 Å². The molecule has 0 saturated heterocycles. The van der Waals surface area contributed by atoms with E-state index in [4.69, 9.17) is 0 Å². The molecule has 3 rings (SSSR count). The molecule has 96 valence electrons. The van der Waals surface area contributed by atoms with Crippen LogP contribution in [0.15, 0.2) is 42.7 Å². The number of hydrogen-bond donors (Lipinski definition) is 1. The zero-order valence-electron chi connectivity index (χ0n) is 10.8. The van der Waals surface area contributed by atoms with Gasteiger partial charge in [0.25, 0.3) is 0 Å². The second kappa shape index (κ2) is 4.94. The molecule has 1 N–H and O–H groups in total. The summed E-state index contributed by atoms with van der Waals surface area (Å²) in [6.45, 7) is 0. The minimum absolute atomic E-state index is 0.365. The normalized spacial score (nSPS) is 10.2. The van der Waals surface area contributed by atoms with Gasteiger partial charge in [0.2, 0.25) is 0 Å². The van der Waals surface area contributed by atoms with Gasteiger partial charge in [0.05, 0.1) is 11.2 Å². The molecule has 0 aliphatic carbocycles. The maximum absolute atomic E-state index is 9.29. The molecule has 0 aliphatic heterocycles. The molecule has 2 aromatic heterocycles. The smallest absolute Gasteiger partial charge is 0.150 e. The Bertz CT molecular complexity index is 820. The highest BCUT2D eigenvalue weighted by molar-refractivity contribution is 5.85. The number of hydrogen-bond acceptors (Lipinski definition) is 5. The summed E-state index contributed by atoms with van der Waals surface area (Å²) in [5, 5.41) is 13.2. The van der Waals surface area contributed by atoms with Crippen LogP contribution >= 0.6 is 0 Å². The van der Waals surface area contributed by atoms with Gasteiger partial charge in [-0.05, 0) is 12.1 Å². The van der Waals surface area contributed by atoms with Gasteiger partial charge in [-0.3, -0.25) is 0 Å². The van der Waals surface area contributed by atoms with Crippen molar-refractivity contribution in [2.75, 3.05) is 12.4 Å². The number of para-hydroxylation sites is 1. The lowest BCUT2D eigenvalue weighted by Crippen LogP contribution is -1.97. The predicted molar refractivity (Wildman–Crippen MR) is 77.0 cm³/mol. The number of anilines is 1. The summed E-state index contributed by atoms with van der Waals surface area (Å²) >= 11 is 0. The number of pyridine rings is 1. The summed E-state index contributed by atoms with van der Waals surface area (Å²) in [7, 11) is 1.79. The molecule has 0 fully saturated rings. The first-order valence-electron chi connectivity index (χ1n) is 6.12. The van der Waals surface area contributed by atoms with Crippen LogP contribution in [-0.2, 0) is 0 Å². The van der Waals surface area contributed by atoms with Crippen molar-refractivity contribution in [2.45, 2.75) is 0 Å². The maximum Gasteiger partial charge on any atom is 0.150 e. The maximum atomic E-state index is 9.29. The Labute approximate surface area is 116 Å². The van der Waals surface area contributed by atoms with Crippen LogP contribution in [0.4, 0.5) is 5.82 Å². The lowest BCUT2D eigenvalue weighted by Gasteiger charge is -2.06. The number of benzene rings is 1. The van der Waals surface area contributed by atoms with Crippen LogP contribution in [0.2, 0.25) is 0 Å². The monoisotopic (exact) mass is 261 g/mol. The number of nitrogens with one attached hydrogen (secondary N) is 1. The molecule has 0 bridgehead atoms. The third-order valence-electron chi connectivity index (χ3n) is 3.03. The van der Waals surface area contributed by atoms with E-state index >= 15 is 0 Å². The van der Waals surface area contributed by atoms with E-state index in [0.717, 1.165) is 10.9 Å². The average molecular weight is 261 g/mol. The molecule has 1 aromatic carbocycles. The molecule has 0 atom stereocenters. The fourth-order valence-corrected chi connectivity index (χ4v) is 2.04. The highest BCUT2D eigenvalue weighted by Crippen LogP contribution is 2.25. The summed E-state index contributed by atoms with van der Waals surface area (Å²) in [5.41, 5.74) is 2.56. The van der Waals surface area contributed by atoms with Gasteiger partial charge >= 0.3 is 0 Å². The largest absolute Gasteiger partial charge is 0.373 e. The Morgan fingerprint density at radius 3 is 2.80 bits per heavy atom. The first-order chi connectivity index (χ1) is 9.81. The van der Waals surface area contributed by atoms with Crippen LogP contribution in [0.25, 0.3) is 22.2 Å². The Morgan fingerprint density at radius 2 is 2.00 bits per heavy atom. The summed E-state index contributed by atoms with van der Waals surface area (Å²) in [6.07, 6.45) is 1.47. The van der Waals surface area contributed by atoms with Gasteiger partial charge in [0.15, 0.2) is 5.69 Å². The minimum Gasteiger partial charge on any atom is -0.373 e. The number of rotatable bonds is 2. The van der Waals surface area contributed by atoms with E-state index in [1.165, 1.54) is 6.33 Å². The molecule has 2 heterocycles. The second-order valence-corrected chi connectivity index (χ2v) is 4.23. The van der Waals surface area contributed by atoms with E-state index in [1.54, 1.807) is 13.1 Å². The zero-order chi connectivity index (χ0) is 13.9. The van der Waals surface area contributed by atoms with Gasteiger partial charge in [-0.25, -0.2) is 15.0 Å². The summed E-state index contributed by atoms with van der Waals surface area (Å²) in [5.74, 6) is 0.701. The van der Waals surface area contributed by atoms with E-state index in [-0.39, 0.29) is 0 Å². The fraction of sp³-hybridized carbons (Fsp3) is 0.0667. The molecular formula is C15H11N5. The van der Waals surface area contributed by atoms with Crippen LogP contribution in [0.5, 0.6) is 0 Å².